The van der Waals surface area contributed by atoms with Crippen LogP contribution >= 0.6 is 0 Å². The predicted molar refractivity (Wildman–Crippen MR) is 181 cm³/mol. The summed E-state index contributed by atoms with van der Waals surface area (Å²) in [7, 11) is 1.21. The van der Waals surface area contributed by atoms with Crippen LogP contribution in [0.25, 0.3) is 0 Å². The number of carbonyl (C=O) groups excluding carboxylic acids is 5. The van der Waals surface area contributed by atoms with Gasteiger partial charge in [0.1, 0.15) is 30.5 Å². The SMILES string of the molecule is C/C=C(\C)C(=O)OC[C@]1(O)[C@H]2C[C@H]2[C@]2(C)[C@@H]3CC4=C5[C@H](/C(=C(\C)C(=O)OC)C(=O)[C@H](O)[C@@]5(C)[C@@H]5C[C@H]45)[C@@]34OC(=O)C(COC(=O)CCC(=O)O)=C4C[C@@H]12. The minimum Gasteiger partial charge on any atom is -0.481 e. The number of hydrogen-bond acceptors (Lipinski definition) is 12. The first-order valence-corrected chi connectivity index (χ1v) is 18.5. The number of fused-ring (bicyclic) bond motifs is 7. The molecule has 0 amide bonds. The summed E-state index contributed by atoms with van der Waals surface area (Å²) >= 11 is 0. The van der Waals surface area contributed by atoms with Crippen LogP contribution in [0.1, 0.15) is 73.1 Å². The number of carbonyl (C=O) groups is 6. The fraction of sp³-hybridized carbons (Fsp3) is 0.650. The minimum atomic E-state index is -1.54. The van der Waals surface area contributed by atoms with Gasteiger partial charge in [-0.2, -0.15) is 0 Å². The fourth-order valence-electron chi connectivity index (χ4n) is 12.4. The molecule has 284 valence electrons. The highest BCUT2D eigenvalue weighted by Gasteiger charge is 2.84. The monoisotopic (exact) mass is 734 g/mol. The van der Waals surface area contributed by atoms with Gasteiger partial charge in [-0.25, -0.2) is 14.4 Å². The van der Waals surface area contributed by atoms with Crippen LogP contribution in [0.4, 0.5) is 0 Å². The zero-order chi connectivity index (χ0) is 38.3. The Labute approximate surface area is 306 Å². The molecule has 13 heteroatoms. The van der Waals surface area contributed by atoms with Crippen molar-refractivity contribution in [3.63, 3.8) is 0 Å². The van der Waals surface area contributed by atoms with Crippen LogP contribution in [0.3, 0.4) is 0 Å². The van der Waals surface area contributed by atoms with E-state index in [1.54, 1.807) is 19.9 Å². The van der Waals surface area contributed by atoms with Gasteiger partial charge in [0.15, 0.2) is 5.78 Å². The number of Topliss-reactive ketones (excluding diaryl/α,β-unsaturated/α-hetero) is 1. The number of aliphatic hydroxyl groups is 2. The maximum absolute atomic E-state index is 14.6. The quantitative estimate of drug-likeness (QED) is 0.135. The zero-order valence-corrected chi connectivity index (χ0v) is 30.8. The molecule has 12 atom stereocenters. The van der Waals surface area contributed by atoms with Gasteiger partial charge in [0.05, 0.1) is 31.4 Å². The molecule has 0 aromatic heterocycles. The molecule has 3 N–H and O–H groups in total. The first-order chi connectivity index (χ1) is 24.9. The second-order valence-electron chi connectivity index (χ2n) is 17.0. The van der Waals surface area contributed by atoms with Crippen molar-refractivity contribution in [2.75, 3.05) is 20.3 Å². The van der Waals surface area contributed by atoms with E-state index >= 15 is 0 Å². The van der Waals surface area contributed by atoms with Crippen molar-refractivity contribution in [2.45, 2.75) is 90.4 Å². The number of ether oxygens (including phenoxy) is 4. The van der Waals surface area contributed by atoms with E-state index in [1.165, 1.54) is 14.0 Å². The van der Waals surface area contributed by atoms with Gasteiger partial charge in [-0.15, -0.1) is 0 Å². The topological polar surface area (TPSA) is 200 Å². The molecule has 5 saturated carbocycles. The number of allylic oxidation sites excluding steroid dienone is 2. The lowest BCUT2D eigenvalue weighted by Crippen LogP contribution is -2.67. The maximum atomic E-state index is 14.6. The number of methoxy groups -OCH3 is 1. The van der Waals surface area contributed by atoms with Gasteiger partial charge in [-0.05, 0) is 86.7 Å². The first kappa shape index (κ1) is 35.9. The highest BCUT2D eigenvalue weighted by Crippen LogP contribution is 2.83. The fourth-order valence-corrected chi connectivity index (χ4v) is 12.4. The lowest BCUT2D eigenvalue weighted by molar-refractivity contribution is -0.191. The first-order valence-electron chi connectivity index (χ1n) is 18.5. The van der Waals surface area contributed by atoms with Crippen LogP contribution in [0.5, 0.6) is 0 Å². The molecule has 0 bridgehead atoms. The molecule has 0 aromatic rings. The molecule has 13 nitrogen and oxygen atoms in total. The third kappa shape index (κ3) is 4.43. The van der Waals surface area contributed by atoms with Crippen molar-refractivity contribution in [1.82, 2.24) is 0 Å². The van der Waals surface area contributed by atoms with E-state index in [0.717, 1.165) is 17.6 Å². The molecule has 7 aliphatic carbocycles. The average molecular weight is 735 g/mol. The normalized spacial score (nSPS) is 43.4. The summed E-state index contributed by atoms with van der Waals surface area (Å²) in [6.07, 6.45) is 1.29. The smallest absolute Gasteiger partial charge is 0.338 e. The van der Waals surface area contributed by atoms with Crippen LogP contribution in [-0.4, -0.2) is 88.6 Å². The minimum absolute atomic E-state index is 0.000703. The van der Waals surface area contributed by atoms with Gasteiger partial charge >= 0.3 is 29.8 Å². The van der Waals surface area contributed by atoms with Crippen molar-refractivity contribution in [3.8, 4) is 0 Å². The van der Waals surface area contributed by atoms with Gasteiger partial charge in [0, 0.05) is 34.0 Å². The Morgan fingerprint density at radius 2 is 1.68 bits per heavy atom. The van der Waals surface area contributed by atoms with Gasteiger partial charge < -0.3 is 34.3 Å². The standard InChI is InChI=1S/C40H46O13/c1-7-16(2)34(46)52-15-39(49)24-12-23(24)37(4)25(39)13-22-20(14-51-28(43)9-8-27(41)42)36(48)53-40(22)26(37)11-19-18-10-21(18)38(5)30(19)31(40)29(32(44)33(38)45)17(3)35(47)50-6/h7,18,21,23-26,31,33,45,49H,8-15H2,1-6H3,(H,41,42)/b16-7+,29-17-/t18-,21-,23-,24+,25-,26+,31+,33+,37+,38+,39+,40+/m1/s1. The van der Waals surface area contributed by atoms with Gasteiger partial charge in [-0.1, -0.05) is 25.5 Å². The Balaban J connectivity index is 1.33. The molecule has 0 aromatic carbocycles. The third-order valence-corrected chi connectivity index (χ3v) is 15.1. The van der Waals surface area contributed by atoms with E-state index in [9.17, 15) is 39.0 Å². The molecule has 0 radical (unpaired) electrons. The van der Waals surface area contributed by atoms with Crippen molar-refractivity contribution in [2.24, 2.45) is 52.3 Å². The number of ketones is 1. The number of esters is 4. The molecular weight excluding hydrogens is 688 g/mol. The summed E-state index contributed by atoms with van der Waals surface area (Å²) in [6, 6.07) is 0. The van der Waals surface area contributed by atoms with Crippen molar-refractivity contribution >= 4 is 35.6 Å². The maximum Gasteiger partial charge on any atom is 0.338 e. The molecule has 1 heterocycles. The van der Waals surface area contributed by atoms with Crippen LogP contribution in [-0.2, 0) is 47.7 Å². The lowest BCUT2D eigenvalue weighted by atomic mass is 9.42. The van der Waals surface area contributed by atoms with E-state index in [2.05, 4.69) is 6.92 Å². The molecule has 53 heavy (non-hydrogen) atoms. The van der Waals surface area contributed by atoms with Crippen molar-refractivity contribution in [3.05, 3.63) is 45.1 Å². The van der Waals surface area contributed by atoms with E-state index in [0.29, 0.717) is 24.0 Å². The van der Waals surface area contributed by atoms with Crippen molar-refractivity contribution < 1.29 is 63.0 Å². The van der Waals surface area contributed by atoms with E-state index in [4.69, 9.17) is 24.1 Å². The second kappa shape index (κ2) is 11.5. The summed E-state index contributed by atoms with van der Waals surface area (Å²) in [4.78, 5) is 78.9. The molecule has 1 aliphatic heterocycles. The summed E-state index contributed by atoms with van der Waals surface area (Å²) in [5, 5.41) is 33.6. The van der Waals surface area contributed by atoms with E-state index in [1.807, 2.05) is 6.92 Å². The van der Waals surface area contributed by atoms with Crippen LogP contribution in [0, 0.1) is 52.3 Å². The number of carboxylic acids is 1. The second-order valence-corrected chi connectivity index (χ2v) is 17.0. The highest BCUT2D eigenvalue weighted by molar-refractivity contribution is 6.09. The average Bonchev–Trinajstić information content (AvgIpc) is 4.05. The Kier molecular flexibility index (Phi) is 7.76. The Morgan fingerprint density at radius 3 is 2.34 bits per heavy atom. The number of hydrogen-bond donors (Lipinski definition) is 3. The number of aliphatic hydroxyl groups excluding tert-OH is 1. The Bertz CT molecular complexity index is 1930. The number of aliphatic carboxylic acids is 1. The molecular formula is C40H46O13. The molecule has 1 spiro atoms. The third-order valence-electron chi connectivity index (χ3n) is 15.1. The van der Waals surface area contributed by atoms with E-state index in [-0.39, 0.29) is 53.4 Å². The Hall–Kier alpha value is -4.10. The summed E-state index contributed by atoms with van der Waals surface area (Å²) in [5.74, 6) is -6.90. The summed E-state index contributed by atoms with van der Waals surface area (Å²) in [6.45, 7) is 8.03. The lowest BCUT2D eigenvalue weighted by Gasteiger charge is -2.63. The van der Waals surface area contributed by atoms with Crippen LogP contribution in [0.2, 0.25) is 0 Å². The molecule has 8 rings (SSSR count). The predicted octanol–water partition coefficient (Wildman–Crippen LogP) is 2.92. The zero-order valence-electron chi connectivity index (χ0n) is 30.8. The highest BCUT2D eigenvalue weighted by atomic mass is 16.6. The number of carboxylic acid groups (broad SMARTS) is 1. The van der Waals surface area contributed by atoms with Crippen LogP contribution in [0.15, 0.2) is 45.1 Å². The van der Waals surface area contributed by atoms with Gasteiger partial charge in [0.25, 0.3) is 0 Å². The number of rotatable bonds is 9. The van der Waals surface area contributed by atoms with Crippen molar-refractivity contribution in [1.29, 1.82) is 0 Å². The van der Waals surface area contributed by atoms with E-state index < -0.39 is 101 Å². The summed E-state index contributed by atoms with van der Waals surface area (Å²) in [5.41, 5.74) is -1.89. The van der Waals surface area contributed by atoms with Gasteiger partial charge in [-0.3, -0.25) is 14.4 Å². The molecule has 0 unspecified atom stereocenters. The Morgan fingerprint density at radius 1 is 0.962 bits per heavy atom. The molecule has 0 saturated heterocycles. The molecule has 5 fully saturated rings. The largest absolute Gasteiger partial charge is 0.481 e. The molecule has 8 aliphatic rings. The van der Waals surface area contributed by atoms with Crippen LogP contribution < -0.4 is 0 Å². The summed E-state index contributed by atoms with van der Waals surface area (Å²) < 4.78 is 23.1. The van der Waals surface area contributed by atoms with Gasteiger partial charge in [0.2, 0.25) is 0 Å².